The molecule has 0 spiro atoms. The molecule has 1 aliphatic carbocycles. The van der Waals surface area contributed by atoms with Crippen molar-refractivity contribution in [3.63, 3.8) is 0 Å². The Morgan fingerprint density at radius 3 is 2.50 bits per heavy atom. The van der Waals surface area contributed by atoms with E-state index in [0.29, 0.717) is 18.4 Å². The Morgan fingerprint density at radius 1 is 1.11 bits per heavy atom. The van der Waals surface area contributed by atoms with Gasteiger partial charge in [0.2, 0.25) is 5.95 Å². The fourth-order valence-electron chi connectivity index (χ4n) is 4.20. The summed E-state index contributed by atoms with van der Waals surface area (Å²) in [6, 6.07) is 0.779. The second-order valence-corrected chi connectivity index (χ2v) is 8.60. The van der Waals surface area contributed by atoms with E-state index in [9.17, 15) is 31.4 Å². The largest absolute Gasteiger partial charge is 0.488 e. The fraction of sp³-hybridized carbons (Fsp3) is 0.500. The van der Waals surface area contributed by atoms with Crippen molar-refractivity contribution < 1.29 is 36.2 Å². The summed E-state index contributed by atoms with van der Waals surface area (Å²) in [6.07, 6.45) is -4.58. The van der Waals surface area contributed by atoms with Crippen LogP contribution in [0.5, 0.6) is 0 Å². The molecule has 0 radical (unpaired) electrons. The van der Waals surface area contributed by atoms with Crippen molar-refractivity contribution in [2.24, 2.45) is 5.92 Å². The molecule has 14 heteroatoms. The summed E-state index contributed by atoms with van der Waals surface area (Å²) in [5.74, 6) is 0.202. The van der Waals surface area contributed by atoms with Crippen LogP contribution < -0.4 is 16.0 Å². The first-order chi connectivity index (χ1) is 17.0. The molecular formula is C22H24F6N6O2. The van der Waals surface area contributed by atoms with Gasteiger partial charge in [-0.05, 0) is 42.9 Å². The molecule has 2 aromatic rings. The minimum absolute atomic E-state index is 0.00951. The highest BCUT2D eigenvalue weighted by molar-refractivity contribution is 5.89. The van der Waals surface area contributed by atoms with Crippen LogP contribution in [0.25, 0.3) is 11.8 Å². The van der Waals surface area contributed by atoms with Crippen LogP contribution in [-0.2, 0) is 17.5 Å². The van der Waals surface area contributed by atoms with Gasteiger partial charge in [0.15, 0.2) is 0 Å². The average Bonchev–Trinajstić information content (AvgIpc) is 3.28. The zero-order valence-electron chi connectivity index (χ0n) is 19.1. The molecule has 0 bridgehead atoms. The topological polar surface area (TPSA) is 104 Å². The maximum absolute atomic E-state index is 13.2. The van der Waals surface area contributed by atoms with Crippen molar-refractivity contribution in [2.75, 3.05) is 36.1 Å². The molecule has 196 valence electrons. The summed E-state index contributed by atoms with van der Waals surface area (Å²) in [5, 5.41) is 17.6. The highest BCUT2D eigenvalue weighted by Gasteiger charge is 2.34. The number of fused-ring (bicyclic) bond motifs is 1. The molecule has 1 aliphatic heterocycles. The fourth-order valence-corrected chi connectivity index (χ4v) is 4.20. The Bertz CT molecular complexity index is 1140. The third kappa shape index (κ3) is 5.91. The molecule has 0 saturated heterocycles. The quantitative estimate of drug-likeness (QED) is 0.397. The normalized spacial score (nSPS) is 19.8. The summed E-state index contributed by atoms with van der Waals surface area (Å²) in [7, 11) is 1.50. The number of nitrogens with zero attached hydrogens (tertiary/aromatic N) is 3. The summed E-state index contributed by atoms with van der Waals surface area (Å²) >= 11 is 0. The molecule has 1 saturated carbocycles. The number of alkyl halides is 6. The van der Waals surface area contributed by atoms with Gasteiger partial charge in [-0.3, -0.25) is 4.98 Å². The minimum atomic E-state index is -4.63. The summed E-state index contributed by atoms with van der Waals surface area (Å²) in [5.41, 5.74) is -0.112. The second-order valence-electron chi connectivity index (χ2n) is 8.60. The van der Waals surface area contributed by atoms with Crippen molar-refractivity contribution >= 4 is 29.4 Å². The monoisotopic (exact) mass is 518 g/mol. The zero-order chi connectivity index (χ0) is 26.1. The van der Waals surface area contributed by atoms with E-state index in [0.717, 1.165) is 18.7 Å². The van der Waals surface area contributed by atoms with Gasteiger partial charge in [-0.1, -0.05) is 0 Å². The van der Waals surface area contributed by atoms with Gasteiger partial charge >= 0.3 is 12.4 Å². The van der Waals surface area contributed by atoms with Gasteiger partial charge in [0, 0.05) is 31.5 Å². The molecule has 3 heterocycles. The number of rotatable bonds is 7. The van der Waals surface area contributed by atoms with Crippen molar-refractivity contribution in [1.29, 1.82) is 0 Å². The van der Waals surface area contributed by atoms with Gasteiger partial charge in [-0.25, -0.2) is 0 Å². The third-order valence-corrected chi connectivity index (χ3v) is 5.96. The first kappa shape index (κ1) is 25.8. The number of ether oxygens (including phenoxy) is 1. The molecule has 4 rings (SSSR count). The number of pyridine rings is 1. The summed E-state index contributed by atoms with van der Waals surface area (Å²) < 4.78 is 83.7. The van der Waals surface area contributed by atoms with Gasteiger partial charge in [0.05, 0.1) is 0 Å². The first-order valence-electron chi connectivity index (χ1n) is 11.2. The molecule has 4 N–H and O–H groups in total. The Balaban J connectivity index is 1.76. The number of halogens is 6. The average molecular weight is 518 g/mol. The number of aromatic nitrogens is 3. The van der Waals surface area contributed by atoms with E-state index >= 15 is 0 Å². The van der Waals surface area contributed by atoms with Crippen LogP contribution in [0.4, 0.5) is 43.9 Å². The second kappa shape index (κ2) is 9.99. The Labute approximate surface area is 202 Å². The van der Waals surface area contributed by atoms with Gasteiger partial charge in [0.25, 0.3) is 0 Å². The van der Waals surface area contributed by atoms with Crippen LogP contribution in [-0.4, -0.2) is 52.5 Å². The Kier molecular flexibility index (Phi) is 7.16. The number of nitrogens with one attached hydrogen (secondary N) is 3. The molecule has 2 atom stereocenters. The van der Waals surface area contributed by atoms with Crippen LogP contribution >= 0.6 is 0 Å². The maximum Gasteiger partial charge on any atom is 0.433 e. The van der Waals surface area contributed by atoms with Crippen LogP contribution in [0.15, 0.2) is 12.3 Å². The lowest BCUT2D eigenvalue weighted by atomic mass is 10.0. The molecule has 2 unspecified atom stereocenters. The highest BCUT2D eigenvalue weighted by atomic mass is 19.4. The predicted molar refractivity (Wildman–Crippen MR) is 120 cm³/mol. The standard InChI is InChI=1S/C22H24F6N6O2/c1-29-18-17(15-5-12-6-16(22(26,27)28)30-7-13(12)9-36-15)19(32-14-3-2-11(4-14)8-35)34-20(33-18)31-10-21(23,24)25/h5-7,11,14,35H,2-4,8-10H2,1H3,(H3,29,31,32,33,34). The summed E-state index contributed by atoms with van der Waals surface area (Å²) in [6.45, 7) is -1.42. The number of anilines is 3. The molecule has 0 amide bonds. The van der Waals surface area contributed by atoms with Crippen molar-refractivity contribution in [2.45, 2.75) is 44.3 Å². The van der Waals surface area contributed by atoms with Gasteiger partial charge in [-0.15, -0.1) is 0 Å². The number of aliphatic hydroxyl groups is 1. The molecule has 1 fully saturated rings. The van der Waals surface area contributed by atoms with E-state index in [1.165, 1.54) is 13.1 Å². The minimum Gasteiger partial charge on any atom is -0.488 e. The lowest BCUT2D eigenvalue weighted by molar-refractivity contribution is -0.141. The molecule has 2 aliphatic rings. The number of hydrogen-bond acceptors (Lipinski definition) is 8. The van der Waals surface area contributed by atoms with Crippen molar-refractivity contribution in [3.05, 3.63) is 34.6 Å². The lowest BCUT2D eigenvalue weighted by Gasteiger charge is -2.24. The Morgan fingerprint density at radius 2 is 1.86 bits per heavy atom. The van der Waals surface area contributed by atoms with Crippen LogP contribution in [0.1, 0.15) is 41.6 Å². The molecular weight excluding hydrogens is 494 g/mol. The third-order valence-electron chi connectivity index (χ3n) is 5.96. The van der Waals surface area contributed by atoms with Crippen LogP contribution in [0, 0.1) is 5.92 Å². The molecule has 8 nitrogen and oxygen atoms in total. The van der Waals surface area contributed by atoms with Gasteiger partial charge < -0.3 is 25.8 Å². The first-order valence-corrected chi connectivity index (χ1v) is 11.2. The Hall–Kier alpha value is -3.29. The van der Waals surface area contributed by atoms with E-state index in [1.807, 2.05) is 0 Å². The SMILES string of the molecule is CNc1nc(NCC(F)(F)F)nc(NC2CCC(CO)C2)c1C1=Cc2cc(C(F)(F)F)ncc2CO1. The van der Waals surface area contributed by atoms with E-state index in [4.69, 9.17) is 4.74 Å². The molecule has 36 heavy (non-hydrogen) atoms. The van der Waals surface area contributed by atoms with E-state index < -0.39 is 24.6 Å². The molecule has 0 aromatic carbocycles. The van der Waals surface area contributed by atoms with Crippen LogP contribution in [0.3, 0.4) is 0 Å². The van der Waals surface area contributed by atoms with Crippen LogP contribution in [0.2, 0.25) is 0 Å². The van der Waals surface area contributed by atoms with E-state index in [-0.39, 0.29) is 59.6 Å². The lowest BCUT2D eigenvalue weighted by Crippen LogP contribution is -2.24. The summed E-state index contributed by atoms with van der Waals surface area (Å²) in [4.78, 5) is 11.8. The number of hydrogen-bond donors (Lipinski definition) is 4. The van der Waals surface area contributed by atoms with Crippen molar-refractivity contribution in [1.82, 2.24) is 15.0 Å². The number of aliphatic hydroxyl groups excluding tert-OH is 1. The zero-order valence-corrected chi connectivity index (χ0v) is 19.1. The van der Waals surface area contributed by atoms with Gasteiger partial charge in [0.1, 0.15) is 41.8 Å². The maximum atomic E-state index is 13.2. The molecule has 2 aromatic heterocycles. The van der Waals surface area contributed by atoms with Gasteiger partial charge in [-0.2, -0.15) is 36.3 Å². The van der Waals surface area contributed by atoms with Crippen molar-refractivity contribution in [3.8, 4) is 0 Å². The van der Waals surface area contributed by atoms with E-state index in [1.54, 1.807) is 0 Å². The smallest absolute Gasteiger partial charge is 0.433 e. The predicted octanol–water partition coefficient (Wildman–Crippen LogP) is 4.51. The highest BCUT2D eigenvalue weighted by Crippen LogP contribution is 2.39. The van der Waals surface area contributed by atoms with E-state index in [2.05, 4.69) is 30.9 Å².